The minimum Gasteiger partial charge on any atom is -0.506 e. The maximum Gasteiger partial charge on any atom is 0.191 e. The highest BCUT2D eigenvalue weighted by atomic mass is 79.9. The van der Waals surface area contributed by atoms with E-state index in [0.717, 1.165) is 21.1 Å². The zero-order valence-electron chi connectivity index (χ0n) is 10.6. The third-order valence-electron chi connectivity index (χ3n) is 3.70. The van der Waals surface area contributed by atoms with Crippen LogP contribution < -0.4 is 5.43 Å². The first-order valence-electron chi connectivity index (χ1n) is 6.26. The number of hydrogen-bond acceptors (Lipinski definition) is 3. The molecule has 0 spiro atoms. The molecule has 0 bridgehead atoms. The third-order valence-corrected chi connectivity index (χ3v) is 4.90. The van der Waals surface area contributed by atoms with Gasteiger partial charge in [0, 0.05) is 15.2 Å². The molecule has 2 aromatic carbocycles. The van der Waals surface area contributed by atoms with Crippen LogP contribution in [0.5, 0.6) is 5.75 Å². The summed E-state index contributed by atoms with van der Waals surface area (Å²) >= 11 is 6.89. The van der Waals surface area contributed by atoms with Gasteiger partial charge in [-0.15, -0.1) is 0 Å². The Labute approximate surface area is 135 Å². The lowest BCUT2D eigenvalue weighted by Gasteiger charge is -2.09. The summed E-state index contributed by atoms with van der Waals surface area (Å²) in [6.45, 7) is 0. The number of aromatic hydroxyl groups is 1. The van der Waals surface area contributed by atoms with Gasteiger partial charge in [-0.1, -0.05) is 22.0 Å². The van der Waals surface area contributed by atoms with Crippen molar-refractivity contribution in [3.8, 4) is 5.75 Å². The van der Waals surface area contributed by atoms with Crippen molar-refractivity contribution in [2.75, 3.05) is 0 Å². The zero-order chi connectivity index (χ0) is 14.7. The smallest absolute Gasteiger partial charge is 0.191 e. The van der Waals surface area contributed by atoms with Gasteiger partial charge in [0.15, 0.2) is 5.43 Å². The Balaban J connectivity index is 2.47. The minimum absolute atomic E-state index is 0.00148. The first kappa shape index (κ1) is 13.0. The van der Waals surface area contributed by atoms with Gasteiger partial charge in [-0.05, 0) is 40.2 Å². The summed E-state index contributed by atoms with van der Waals surface area (Å²) < 4.78 is 2.48. The summed E-state index contributed by atoms with van der Waals surface area (Å²) in [7, 11) is 0. The van der Waals surface area contributed by atoms with Crippen LogP contribution in [0.4, 0.5) is 0 Å². The summed E-state index contributed by atoms with van der Waals surface area (Å²) in [5.74, 6) is 0.00148. The molecule has 0 aliphatic heterocycles. The Morgan fingerprint density at radius 2 is 2.00 bits per heavy atom. The van der Waals surface area contributed by atoms with Crippen LogP contribution >= 0.6 is 31.9 Å². The lowest BCUT2D eigenvalue weighted by molar-refractivity contribution is 0.487. The van der Waals surface area contributed by atoms with Crippen molar-refractivity contribution in [2.45, 2.75) is 5.33 Å². The van der Waals surface area contributed by atoms with E-state index in [0.29, 0.717) is 21.6 Å². The van der Waals surface area contributed by atoms with E-state index in [-0.39, 0.29) is 11.2 Å². The van der Waals surface area contributed by atoms with E-state index in [9.17, 15) is 9.90 Å². The van der Waals surface area contributed by atoms with Crippen LogP contribution in [0.2, 0.25) is 0 Å². The molecule has 0 fully saturated rings. The molecule has 0 amide bonds. The second kappa shape index (κ2) is 4.42. The fourth-order valence-corrected chi connectivity index (χ4v) is 3.72. The van der Waals surface area contributed by atoms with Crippen molar-refractivity contribution in [3.63, 3.8) is 0 Å². The zero-order valence-corrected chi connectivity index (χ0v) is 13.8. The number of hydrogen-bond donors (Lipinski definition) is 1. The first-order valence-corrected chi connectivity index (χ1v) is 8.18. The summed E-state index contributed by atoms with van der Waals surface area (Å²) in [4.78, 5) is 12.1. The summed E-state index contributed by atoms with van der Waals surface area (Å²) in [5.41, 5.74) is 2.09. The molecule has 0 atom stereocenters. The molecule has 2 heterocycles. The second-order valence-corrected chi connectivity index (χ2v) is 6.22. The number of rotatable bonds is 1. The Morgan fingerprint density at radius 3 is 2.76 bits per heavy atom. The second-order valence-electron chi connectivity index (χ2n) is 4.81. The number of fused-ring (bicyclic) bond motifs is 2. The molecule has 4 aromatic rings. The van der Waals surface area contributed by atoms with Crippen LogP contribution in [0.1, 0.15) is 5.69 Å². The van der Waals surface area contributed by atoms with Crippen LogP contribution in [-0.4, -0.2) is 14.7 Å². The van der Waals surface area contributed by atoms with Crippen LogP contribution in [0.3, 0.4) is 0 Å². The van der Waals surface area contributed by atoms with Gasteiger partial charge in [0.25, 0.3) is 0 Å². The van der Waals surface area contributed by atoms with Gasteiger partial charge in [0.2, 0.25) is 0 Å². The fourth-order valence-electron chi connectivity index (χ4n) is 2.80. The van der Waals surface area contributed by atoms with Gasteiger partial charge in [-0.3, -0.25) is 4.79 Å². The standard InChI is InChI=1S/C15H8Br2N2O2/c16-6-9-7-4-5-8(17)12-14(7)19(18-9)10-2-1-3-11(20)13(10)15(12)21/h1-5,21H,6H2. The molecule has 4 rings (SSSR count). The molecule has 0 saturated carbocycles. The van der Waals surface area contributed by atoms with Gasteiger partial charge in [0.1, 0.15) is 5.75 Å². The van der Waals surface area contributed by atoms with Crippen LogP contribution in [0.25, 0.3) is 27.2 Å². The molecule has 1 N–H and O–H groups in total. The highest BCUT2D eigenvalue weighted by Gasteiger charge is 2.20. The number of alkyl halides is 1. The molecule has 104 valence electrons. The van der Waals surface area contributed by atoms with E-state index in [4.69, 9.17) is 0 Å². The molecule has 0 radical (unpaired) electrons. The van der Waals surface area contributed by atoms with Crippen LogP contribution in [0.15, 0.2) is 39.6 Å². The van der Waals surface area contributed by atoms with Crippen LogP contribution in [-0.2, 0) is 5.33 Å². The van der Waals surface area contributed by atoms with E-state index >= 15 is 0 Å². The Hall–Kier alpha value is -1.66. The van der Waals surface area contributed by atoms with Gasteiger partial charge in [0.05, 0.1) is 27.5 Å². The largest absolute Gasteiger partial charge is 0.506 e. The van der Waals surface area contributed by atoms with E-state index in [1.807, 2.05) is 12.1 Å². The number of aromatic nitrogens is 2. The molecular formula is C15H8Br2N2O2. The quantitative estimate of drug-likeness (QED) is 0.385. The van der Waals surface area contributed by atoms with Crippen molar-refractivity contribution >= 4 is 59.1 Å². The van der Waals surface area contributed by atoms with Crippen molar-refractivity contribution in [1.82, 2.24) is 9.61 Å². The molecule has 4 nitrogen and oxygen atoms in total. The number of benzene rings is 2. The minimum atomic E-state index is -0.213. The summed E-state index contributed by atoms with van der Waals surface area (Å²) in [6.07, 6.45) is 0. The van der Waals surface area contributed by atoms with E-state index < -0.39 is 0 Å². The van der Waals surface area contributed by atoms with E-state index in [2.05, 4.69) is 37.0 Å². The average molecular weight is 408 g/mol. The monoisotopic (exact) mass is 406 g/mol. The van der Waals surface area contributed by atoms with Gasteiger partial charge in [-0.2, -0.15) is 5.10 Å². The lowest BCUT2D eigenvalue weighted by Crippen LogP contribution is -2.03. The SMILES string of the molecule is O=c1cccc2c1c(O)c1c(Br)ccc3c(CBr)nn2c31. The topological polar surface area (TPSA) is 54.6 Å². The highest BCUT2D eigenvalue weighted by molar-refractivity contribution is 9.10. The fraction of sp³-hybridized carbons (Fsp3) is 0.0667. The van der Waals surface area contributed by atoms with E-state index in [1.54, 1.807) is 16.6 Å². The Morgan fingerprint density at radius 1 is 1.19 bits per heavy atom. The third kappa shape index (κ3) is 1.60. The number of nitrogens with zero attached hydrogens (tertiary/aromatic N) is 2. The molecule has 0 aliphatic carbocycles. The number of halogens is 2. The number of pyridine rings is 1. The lowest BCUT2D eigenvalue weighted by atomic mass is 10.1. The van der Waals surface area contributed by atoms with Crippen molar-refractivity contribution in [2.24, 2.45) is 0 Å². The van der Waals surface area contributed by atoms with Gasteiger partial charge >= 0.3 is 0 Å². The maximum absolute atomic E-state index is 12.1. The van der Waals surface area contributed by atoms with Crippen molar-refractivity contribution in [3.05, 3.63) is 50.7 Å². The normalized spacial score (nSPS) is 11.9. The van der Waals surface area contributed by atoms with Crippen LogP contribution in [0, 0.1) is 0 Å². The molecule has 0 unspecified atom stereocenters. The average Bonchev–Trinajstić information content (AvgIpc) is 2.84. The molecule has 0 aliphatic rings. The molecular weight excluding hydrogens is 400 g/mol. The Kier molecular flexibility index (Phi) is 2.74. The van der Waals surface area contributed by atoms with Gasteiger partial charge < -0.3 is 5.11 Å². The van der Waals surface area contributed by atoms with Crippen molar-refractivity contribution < 1.29 is 5.11 Å². The van der Waals surface area contributed by atoms with E-state index in [1.165, 1.54) is 6.07 Å². The molecule has 21 heavy (non-hydrogen) atoms. The predicted octanol–water partition coefficient (Wildman–Crippen LogP) is 3.80. The maximum atomic E-state index is 12.1. The predicted molar refractivity (Wildman–Crippen MR) is 89.7 cm³/mol. The Bertz CT molecular complexity index is 1070. The molecule has 0 saturated heterocycles. The molecule has 6 heteroatoms. The highest BCUT2D eigenvalue weighted by Crippen LogP contribution is 2.40. The summed E-state index contributed by atoms with van der Waals surface area (Å²) in [6, 6.07) is 8.75. The summed E-state index contributed by atoms with van der Waals surface area (Å²) in [5, 5.41) is 17.7. The van der Waals surface area contributed by atoms with Gasteiger partial charge in [-0.25, -0.2) is 4.52 Å². The van der Waals surface area contributed by atoms with Crippen molar-refractivity contribution in [1.29, 1.82) is 0 Å². The molecule has 2 aromatic heterocycles. The first-order chi connectivity index (χ1) is 10.1.